The fraction of sp³-hybridized carbons (Fsp3) is 0.167. The van der Waals surface area contributed by atoms with Crippen LogP contribution in [0.3, 0.4) is 0 Å². The number of carbonyl (C=O) groups is 1. The van der Waals surface area contributed by atoms with E-state index in [0.29, 0.717) is 23.6 Å². The van der Waals surface area contributed by atoms with Gasteiger partial charge < -0.3 is 14.0 Å². The summed E-state index contributed by atoms with van der Waals surface area (Å²) in [6.45, 7) is 2.13. The average Bonchev–Trinajstić information content (AvgIpc) is 3.10. The smallest absolute Gasteiger partial charge is 0.344 e. The van der Waals surface area contributed by atoms with Crippen LogP contribution >= 0.6 is 0 Å². The number of ether oxygens (including phenoxy) is 2. The Labute approximate surface area is 143 Å². The van der Waals surface area contributed by atoms with Gasteiger partial charge in [0.1, 0.15) is 23.7 Å². The van der Waals surface area contributed by atoms with E-state index in [4.69, 9.17) is 14.0 Å². The highest BCUT2D eigenvalue weighted by Crippen LogP contribution is 2.21. The van der Waals surface area contributed by atoms with E-state index >= 15 is 0 Å². The maximum Gasteiger partial charge on any atom is 0.344 e. The molecule has 0 aliphatic rings. The summed E-state index contributed by atoms with van der Waals surface area (Å²) < 4.78 is 28.7. The van der Waals surface area contributed by atoms with Gasteiger partial charge in [0.25, 0.3) is 0 Å². The van der Waals surface area contributed by atoms with Crippen molar-refractivity contribution in [3.05, 3.63) is 65.7 Å². The Morgan fingerprint density at radius 2 is 2.04 bits per heavy atom. The van der Waals surface area contributed by atoms with Crippen LogP contribution in [0.4, 0.5) is 4.39 Å². The molecule has 0 fully saturated rings. The molecule has 0 N–H and O–H groups in total. The van der Waals surface area contributed by atoms with Gasteiger partial charge in [0.2, 0.25) is 5.88 Å². The summed E-state index contributed by atoms with van der Waals surface area (Å²) in [5, 5.41) is 3.85. The van der Waals surface area contributed by atoms with E-state index in [1.165, 1.54) is 18.3 Å². The van der Waals surface area contributed by atoms with Gasteiger partial charge in [-0.25, -0.2) is 14.2 Å². The number of carbonyl (C=O) groups excluding carboxylic acids is 1. The van der Waals surface area contributed by atoms with E-state index in [-0.39, 0.29) is 23.9 Å². The molecule has 2 heterocycles. The molecule has 0 radical (unpaired) electrons. The Balaban J connectivity index is 1.66. The third kappa shape index (κ3) is 4.00. The van der Waals surface area contributed by atoms with Gasteiger partial charge in [0, 0.05) is 17.8 Å². The summed E-state index contributed by atoms with van der Waals surface area (Å²) in [5.74, 6) is -0.216. The highest BCUT2D eigenvalue weighted by Gasteiger charge is 2.16. The Morgan fingerprint density at radius 1 is 1.24 bits per heavy atom. The van der Waals surface area contributed by atoms with Gasteiger partial charge in [0.15, 0.2) is 5.76 Å². The second-order valence-electron chi connectivity index (χ2n) is 5.05. The Kier molecular flexibility index (Phi) is 5.03. The van der Waals surface area contributed by atoms with Gasteiger partial charge in [-0.05, 0) is 43.3 Å². The number of aromatic nitrogens is 2. The molecule has 0 bridgehead atoms. The lowest BCUT2D eigenvalue weighted by Crippen LogP contribution is -2.09. The van der Waals surface area contributed by atoms with Crippen LogP contribution in [0.2, 0.25) is 0 Å². The van der Waals surface area contributed by atoms with E-state index < -0.39 is 5.97 Å². The third-order valence-electron chi connectivity index (χ3n) is 3.31. The summed E-state index contributed by atoms with van der Waals surface area (Å²) in [7, 11) is 0. The third-order valence-corrected chi connectivity index (χ3v) is 3.31. The highest BCUT2D eigenvalue weighted by atomic mass is 19.1. The van der Waals surface area contributed by atoms with Crippen LogP contribution in [0, 0.1) is 5.82 Å². The quantitative estimate of drug-likeness (QED) is 0.637. The van der Waals surface area contributed by atoms with Crippen LogP contribution < -0.4 is 4.74 Å². The van der Waals surface area contributed by atoms with Gasteiger partial charge in [-0.3, -0.25) is 0 Å². The Morgan fingerprint density at radius 3 is 2.80 bits per heavy atom. The van der Waals surface area contributed by atoms with Gasteiger partial charge >= 0.3 is 5.97 Å². The number of rotatable bonds is 6. The fourth-order valence-electron chi connectivity index (χ4n) is 2.15. The van der Waals surface area contributed by atoms with E-state index in [1.54, 1.807) is 37.3 Å². The molecule has 0 aliphatic heterocycles. The lowest BCUT2D eigenvalue weighted by molar-refractivity contribution is 0.0459. The molecule has 0 atom stereocenters. The molecule has 6 nitrogen and oxygen atoms in total. The predicted octanol–water partition coefficient (Wildman–Crippen LogP) is 3.63. The topological polar surface area (TPSA) is 74.5 Å². The molecule has 7 heteroatoms. The minimum absolute atomic E-state index is 0.0655. The van der Waals surface area contributed by atoms with Crippen LogP contribution in [0.25, 0.3) is 11.3 Å². The van der Waals surface area contributed by atoms with Gasteiger partial charge in [-0.1, -0.05) is 5.16 Å². The minimum Gasteiger partial charge on any atom is -0.477 e. The van der Waals surface area contributed by atoms with Crippen LogP contribution in [0.1, 0.15) is 23.0 Å². The Bertz CT molecular complexity index is 862. The van der Waals surface area contributed by atoms with Crippen molar-refractivity contribution in [2.45, 2.75) is 13.5 Å². The molecule has 128 valence electrons. The molecular weight excluding hydrogens is 327 g/mol. The lowest BCUT2D eigenvalue weighted by atomic mass is 10.1. The molecule has 0 amide bonds. The van der Waals surface area contributed by atoms with Crippen molar-refractivity contribution in [1.82, 2.24) is 10.1 Å². The molecule has 2 aromatic heterocycles. The molecule has 0 saturated carbocycles. The molecule has 1 aromatic carbocycles. The van der Waals surface area contributed by atoms with Crippen LogP contribution in [-0.2, 0) is 11.3 Å². The van der Waals surface area contributed by atoms with Crippen molar-refractivity contribution in [2.24, 2.45) is 0 Å². The van der Waals surface area contributed by atoms with Crippen LogP contribution in [0.15, 0.2) is 53.2 Å². The van der Waals surface area contributed by atoms with Gasteiger partial charge in [-0.2, -0.15) is 0 Å². The average molecular weight is 342 g/mol. The number of halogens is 1. The maximum atomic E-state index is 12.9. The maximum absolute atomic E-state index is 12.9. The first kappa shape index (κ1) is 16.6. The van der Waals surface area contributed by atoms with Crippen molar-refractivity contribution in [2.75, 3.05) is 6.61 Å². The standard InChI is InChI=1S/C18H15FN2O4/c1-2-23-17-15(4-3-9-20-17)18(22)24-11-14-10-16(25-21-14)12-5-7-13(19)8-6-12/h3-10H,2,11H2,1H3. The van der Waals surface area contributed by atoms with Crippen LogP contribution in [0.5, 0.6) is 5.88 Å². The number of nitrogens with zero attached hydrogens (tertiary/aromatic N) is 2. The molecule has 0 unspecified atom stereocenters. The predicted molar refractivity (Wildman–Crippen MR) is 86.4 cm³/mol. The zero-order chi connectivity index (χ0) is 17.6. The van der Waals surface area contributed by atoms with E-state index in [1.807, 2.05) is 0 Å². The normalized spacial score (nSPS) is 10.5. The van der Waals surface area contributed by atoms with E-state index in [2.05, 4.69) is 10.1 Å². The fourth-order valence-corrected chi connectivity index (χ4v) is 2.15. The molecule has 0 saturated heterocycles. The summed E-state index contributed by atoms with van der Waals surface area (Å²) in [6, 6.07) is 10.7. The molecule has 0 aliphatic carbocycles. The number of esters is 1. The van der Waals surface area contributed by atoms with Crippen LogP contribution in [-0.4, -0.2) is 22.7 Å². The second kappa shape index (κ2) is 7.57. The summed E-state index contributed by atoms with van der Waals surface area (Å²) in [5.41, 5.74) is 1.36. The summed E-state index contributed by atoms with van der Waals surface area (Å²) in [6.07, 6.45) is 1.54. The summed E-state index contributed by atoms with van der Waals surface area (Å²) >= 11 is 0. The second-order valence-corrected chi connectivity index (χ2v) is 5.05. The summed E-state index contributed by atoms with van der Waals surface area (Å²) in [4.78, 5) is 16.2. The molecule has 3 rings (SSSR count). The van der Waals surface area contributed by atoms with Crippen molar-refractivity contribution in [3.8, 4) is 17.2 Å². The number of hydrogen-bond donors (Lipinski definition) is 0. The van der Waals surface area contributed by atoms with Crippen molar-refractivity contribution < 1.29 is 23.2 Å². The molecule has 25 heavy (non-hydrogen) atoms. The zero-order valence-electron chi connectivity index (χ0n) is 13.4. The molecule has 3 aromatic rings. The number of hydrogen-bond acceptors (Lipinski definition) is 6. The molecule has 0 spiro atoms. The monoisotopic (exact) mass is 342 g/mol. The largest absolute Gasteiger partial charge is 0.477 e. The number of pyridine rings is 1. The Hall–Kier alpha value is -3.22. The van der Waals surface area contributed by atoms with E-state index in [9.17, 15) is 9.18 Å². The zero-order valence-corrected chi connectivity index (χ0v) is 13.4. The van der Waals surface area contributed by atoms with Crippen molar-refractivity contribution in [1.29, 1.82) is 0 Å². The van der Waals surface area contributed by atoms with Gasteiger partial charge in [0.05, 0.1) is 6.61 Å². The van der Waals surface area contributed by atoms with Crippen molar-refractivity contribution in [3.63, 3.8) is 0 Å². The first-order valence-electron chi connectivity index (χ1n) is 7.64. The number of benzene rings is 1. The minimum atomic E-state index is -0.567. The van der Waals surface area contributed by atoms with Gasteiger partial charge in [-0.15, -0.1) is 0 Å². The highest BCUT2D eigenvalue weighted by molar-refractivity contribution is 5.91. The SMILES string of the molecule is CCOc1ncccc1C(=O)OCc1cc(-c2ccc(F)cc2)on1. The first-order chi connectivity index (χ1) is 12.2. The lowest BCUT2D eigenvalue weighted by Gasteiger charge is -2.07. The van der Waals surface area contributed by atoms with E-state index in [0.717, 1.165) is 0 Å². The van der Waals surface area contributed by atoms with Crippen molar-refractivity contribution >= 4 is 5.97 Å². The molecular formula is C18H15FN2O4. The first-order valence-corrected chi connectivity index (χ1v) is 7.64.